The third-order valence-electron chi connectivity index (χ3n) is 4.20. The molecular formula is C20H20O6. The van der Waals surface area contributed by atoms with Crippen molar-refractivity contribution in [3.8, 4) is 17.2 Å². The summed E-state index contributed by atoms with van der Waals surface area (Å²) in [5, 5.41) is 1.00. The number of fused-ring (bicyclic) bond motifs is 1. The topological polar surface area (TPSA) is 67.1 Å². The zero-order chi connectivity index (χ0) is 18.7. The Balaban J connectivity index is 1.85. The van der Waals surface area contributed by atoms with E-state index >= 15 is 0 Å². The number of methoxy groups -OCH3 is 3. The van der Waals surface area contributed by atoms with E-state index in [1.54, 1.807) is 12.1 Å². The van der Waals surface area contributed by atoms with Gasteiger partial charge in [0.05, 0.1) is 21.3 Å². The normalized spacial score (nSPS) is 10.6. The summed E-state index contributed by atoms with van der Waals surface area (Å²) in [6.45, 7) is 1.96. The average molecular weight is 356 g/mol. The van der Waals surface area contributed by atoms with Gasteiger partial charge in [-0.1, -0.05) is 18.2 Å². The molecule has 1 aromatic heterocycles. The summed E-state index contributed by atoms with van der Waals surface area (Å²) in [7, 11) is 4.45. The van der Waals surface area contributed by atoms with Crippen molar-refractivity contribution in [1.82, 2.24) is 0 Å². The number of hydrogen-bond acceptors (Lipinski definition) is 6. The summed E-state index contributed by atoms with van der Waals surface area (Å²) in [6.07, 6.45) is 0. The van der Waals surface area contributed by atoms with Gasteiger partial charge in [-0.3, -0.25) is 0 Å². The molecule has 3 rings (SSSR count). The van der Waals surface area contributed by atoms with Crippen LogP contribution in [0.5, 0.6) is 17.2 Å². The van der Waals surface area contributed by atoms with E-state index < -0.39 is 5.97 Å². The lowest BCUT2D eigenvalue weighted by molar-refractivity contribution is 0.0442. The summed E-state index contributed by atoms with van der Waals surface area (Å²) in [5.41, 5.74) is 1.96. The molecular weight excluding hydrogens is 336 g/mol. The lowest BCUT2D eigenvalue weighted by Crippen LogP contribution is -2.08. The SMILES string of the molecule is COc1ccc(C(=O)OCc2oc3ccccc3c2C)c(OC)c1OC. The Labute approximate surface area is 151 Å². The fourth-order valence-electron chi connectivity index (χ4n) is 2.83. The molecule has 6 nitrogen and oxygen atoms in total. The molecule has 0 atom stereocenters. The first kappa shape index (κ1) is 17.7. The Morgan fingerprint density at radius 3 is 2.35 bits per heavy atom. The molecule has 0 saturated heterocycles. The van der Waals surface area contributed by atoms with Crippen molar-refractivity contribution in [3.05, 3.63) is 53.3 Å². The molecule has 0 N–H and O–H groups in total. The highest BCUT2D eigenvalue weighted by Crippen LogP contribution is 2.40. The van der Waals surface area contributed by atoms with E-state index in [1.807, 2.05) is 31.2 Å². The number of hydrogen-bond donors (Lipinski definition) is 0. The van der Waals surface area contributed by atoms with Crippen molar-refractivity contribution in [2.24, 2.45) is 0 Å². The summed E-state index contributed by atoms with van der Waals surface area (Å²) < 4.78 is 27.0. The second-order valence-corrected chi connectivity index (χ2v) is 5.60. The van der Waals surface area contributed by atoms with Crippen LogP contribution in [0.1, 0.15) is 21.7 Å². The molecule has 0 fully saturated rings. The Morgan fingerprint density at radius 2 is 1.69 bits per heavy atom. The fraction of sp³-hybridized carbons (Fsp3) is 0.250. The Morgan fingerprint density at radius 1 is 0.962 bits per heavy atom. The molecule has 0 unspecified atom stereocenters. The monoisotopic (exact) mass is 356 g/mol. The van der Waals surface area contributed by atoms with E-state index in [0.29, 0.717) is 17.3 Å². The van der Waals surface area contributed by atoms with Crippen LogP contribution in [0, 0.1) is 6.92 Å². The highest BCUT2D eigenvalue weighted by Gasteiger charge is 2.22. The number of furan rings is 1. The average Bonchev–Trinajstić information content (AvgIpc) is 3.00. The van der Waals surface area contributed by atoms with Crippen LogP contribution in [0.25, 0.3) is 11.0 Å². The standard InChI is InChI=1S/C20H20O6/c1-12-13-7-5-6-8-15(13)26-17(12)11-25-20(21)14-9-10-16(22-2)19(24-4)18(14)23-3/h5-10H,11H2,1-4H3. The van der Waals surface area contributed by atoms with Gasteiger partial charge in [0, 0.05) is 10.9 Å². The highest BCUT2D eigenvalue weighted by molar-refractivity contribution is 5.94. The van der Waals surface area contributed by atoms with Crippen molar-refractivity contribution >= 4 is 16.9 Å². The van der Waals surface area contributed by atoms with Crippen LogP contribution in [0.4, 0.5) is 0 Å². The van der Waals surface area contributed by atoms with E-state index in [0.717, 1.165) is 16.5 Å². The number of carbonyl (C=O) groups excluding carboxylic acids is 1. The van der Waals surface area contributed by atoms with Gasteiger partial charge in [0.2, 0.25) is 5.75 Å². The van der Waals surface area contributed by atoms with Crippen LogP contribution in [0.2, 0.25) is 0 Å². The Hall–Kier alpha value is -3.15. The van der Waals surface area contributed by atoms with Crippen LogP contribution < -0.4 is 14.2 Å². The number of benzene rings is 2. The van der Waals surface area contributed by atoms with Crippen LogP contribution in [-0.2, 0) is 11.3 Å². The zero-order valence-corrected chi connectivity index (χ0v) is 15.1. The zero-order valence-electron chi connectivity index (χ0n) is 15.1. The number of esters is 1. The second-order valence-electron chi connectivity index (χ2n) is 5.60. The third-order valence-corrected chi connectivity index (χ3v) is 4.20. The van der Waals surface area contributed by atoms with Crippen molar-refractivity contribution in [2.75, 3.05) is 21.3 Å². The van der Waals surface area contributed by atoms with Gasteiger partial charge >= 0.3 is 5.97 Å². The first-order valence-corrected chi connectivity index (χ1v) is 8.03. The first-order chi connectivity index (χ1) is 12.6. The van der Waals surface area contributed by atoms with Gasteiger partial charge in [0.15, 0.2) is 11.5 Å². The summed E-state index contributed by atoms with van der Waals surface area (Å²) >= 11 is 0. The Bertz CT molecular complexity index is 941. The summed E-state index contributed by atoms with van der Waals surface area (Å²) in [4.78, 5) is 12.6. The van der Waals surface area contributed by atoms with Gasteiger partial charge in [-0.2, -0.15) is 0 Å². The van der Waals surface area contributed by atoms with Gasteiger partial charge < -0.3 is 23.4 Å². The van der Waals surface area contributed by atoms with E-state index in [-0.39, 0.29) is 17.9 Å². The van der Waals surface area contributed by atoms with Crippen LogP contribution >= 0.6 is 0 Å². The largest absolute Gasteiger partial charge is 0.493 e. The molecule has 0 aliphatic heterocycles. The molecule has 3 aromatic rings. The van der Waals surface area contributed by atoms with Gasteiger partial charge in [-0.25, -0.2) is 4.79 Å². The molecule has 0 amide bonds. The van der Waals surface area contributed by atoms with Crippen molar-refractivity contribution in [2.45, 2.75) is 13.5 Å². The second kappa shape index (κ2) is 7.39. The van der Waals surface area contributed by atoms with E-state index in [2.05, 4.69) is 0 Å². The molecule has 26 heavy (non-hydrogen) atoms. The molecule has 2 aromatic carbocycles. The molecule has 0 aliphatic carbocycles. The smallest absolute Gasteiger partial charge is 0.342 e. The molecule has 136 valence electrons. The number of carbonyl (C=O) groups is 1. The predicted octanol–water partition coefficient (Wildman–Crippen LogP) is 4.12. The van der Waals surface area contributed by atoms with Crippen molar-refractivity contribution < 1.29 is 28.2 Å². The van der Waals surface area contributed by atoms with Crippen molar-refractivity contribution in [1.29, 1.82) is 0 Å². The predicted molar refractivity (Wildman–Crippen MR) is 96.2 cm³/mol. The molecule has 0 spiro atoms. The number of aryl methyl sites for hydroxylation is 1. The quantitative estimate of drug-likeness (QED) is 0.619. The minimum atomic E-state index is -0.539. The molecule has 0 saturated carbocycles. The molecule has 0 aliphatic rings. The van der Waals surface area contributed by atoms with Crippen LogP contribution in [0.15, 0.2) is 40.8 Å². The summed E-state index contributed by atoms with van der Waals surface area (Å²) in [5.74, 6) is 1.14. The molecule has 0 bridgehead atoms. The summed E-state index contributed by atoms with van der Waals surface area (Å²) in [6, 6.07) is 10.9. The van der Waals surface area contributed by atoms with Gasteiger partial charge in [-0.15, -0.1) is 0 Å². The maximum atomic E-state index is 12.6. The maximum absolute atomic E-state index is 12.6. The fourth-order valence-corrected chi connectivity index (χ4v) is 2.83. The molecule has 0 radical (unpaired) electrons. The number of ether oxygens (including phenoxy) is 4. The van der Waals surface area contributed by atoms with Gasteiger partial charge in [0.1, 0.15) is 23.5 Å². The maximum Gasteiger partial charge on any atom is 0.342 e. The van der Waals surface area contributed by atoms with Gasteiger partial charge in [0.25, 0.3) is 0 Å². The number of para-hydroxylation sites is 1. The van der Waals surface area contributed by atoms with E-state index in [4.69, 9.17) is 23.4 Å². The first-order valence-electron chi connectivity index (χ1n) is 8.03. The lowest BCUT2D eigenvalue weighted by atomic mass is 10.1. The van der Waals surface area contributed by atoms with Crippen LogP contribution in [0.3, 0.4) is 0 Å². The third kappa shape index (κ3) is 3.06. The van der Waals surface area contributed by atoms with E-state index in [9.17, 15) is 4.79 Å². The highest BCUT2D eigenvalue weighted by atomic mass is 16.5. The van der Waals surface area contributed by atoms with Gasteiger partial charge in [-0.05, 0) is 25.1 Å². The molecule has 1 heterocycles. The number of rotatable bonds is 6. The lowest BCUT2D eigenvalue weighted by Gasteiger charge is -2.15. The van der Waals surface area contributed by atoms with Crippen molar-refractivity contribution in [3.63, 3.8) is 0 Å². The minimum absolute atomic E-state index is 0.0246. The minimum Gasteiger partial charge on any atom is -0.493 e. The Kier molecular flexibility index (Phi) is 5.02. The van der Waals surface area contributed by atoms with Crippen LogP contribution in [-0.4, -0.2) is 27.3 Å². The molecule has 6 heteroatoms. The van der Waals surface area contributed by atoms with E-state index in [1.165, 1.54) is 21.3 Å².